The van der Waals surface area contributed by atoms with Crippen LogP contribution in [0.4, 0.5) is 0 Å². The molecular formula is C10H14N2O3. The largest absolute Gasteiger partial charge is 0.480 e. The van der Waals surface area contributed by atoms with Crippen LogP contribution in [0.5, 0.6) is 5.75 Å². The molecule has 1 aromatic rings. The maximum Gasteiger partial charge on any atom is 0.343 e. The highest BCUT2D eigenvalue weighted by Gasteiger charge is 2.01. The maximum atomic E-state index is 10.8. The van der Waals surface area contributed by atoms with Gasteiger partial charge in [-0.05, 0) is 18.7 Å². The Morgan fingerprint density at radius 2 is 2.33 bits per heavy atom. The third kappa shape index (κ3) is 3.95. The fraction of sp³-hybridized carbons (Fsp3) is 0.400. The summed E-state index contributed by atoms with van der Waals surface area (Å²) in [6, 6.07) is 3.57. The summed E-state index contributed by atoms with van der Waals surface area (Å²) in [5, 5.41) is 0. The van der Waals surface area contributed by atoms with E-state index in [0.29, 0.717) is 12.3 Å². The van der Waals surface area contributed by atoms with E-state index in [2.05, 4.69) is 9.72 Å². The van der Waals surface area contributed by atoms with Crippen molar-refractivity contribution in [1.82, 2.24) is 4.98 Å². The van der Waals surface area contributed by atoms with Gasteiger partial charge in [-0.15, -0.1) is 0 Å². The van der Waals surface area contributed by atoms with Crippen molar-refractivity contribution in [2.45, 2.75) is 6.42 Å². The van der Waals surface area contributed by atoms with Gasteiger partial charge in [-0.25, -0.2) is 4.79 Å². The molecule has 0 aliphatic carbocycles. The van der Waals surface area contributed by atoms with Crippen LogP contribution in [0.15, 0.2) is 18.3 Å². The van der Waals surface area contributed by atoms with Crippen LogP contribution in [0.25, 0.3) is 0 Å². The Hall–Kier alpha value is -1.62. The van der Waals surface area contributed by atoms with Crippen LogP contribution in [-0.4, -0.2) is 31.2 Å². The van der Waals surface area contributed by atoms with Crippen molar-refractivity contribution in [3.05, 3.63) is 24.0 Å². The number of hydrogen-bond acceptors (Lipinski definition) is 5. The minimum atomic E-state index is -0.416. The van der Waals surface area contributed by atoms with Crippen molar-refractivity contribution in [2.75, 3.05) is 20.3 Å². The topological polar surface area (TPSA) is 74.4 Å². The lowest BCUT2D eigenvalue weighted by Crippen LogP contribution is -2.12. The predicted molar refractivity (Wildman–Crippen MR) is 54.5 cm³/mol. The lowest BCUT2D eigenvalue weighted by atomic mass is 10.3. The molecule has 0 aliphatic rings. The third-order valence-corrected chi connectivity index (χ3v) is 1.78. The molecule has 0 saturated carbocycles. The highest BCUT2D eigenvalue weighted by molar-refractivity contribution is 5.70. The van der Waals surface area contributed by atoms with Crippen LogP contribution >= 0.6 is 0 Å². The molecular weight excluding hydrogens is 196 g/mol. The van der Waals surface area contributed by atoms with Crippen molar-refractivity contribution in [3.63, 3.8) is 0 Å². The molecule has 0 saturated heterocycles. The van der Waals surface area contributed by atoms with E-state index in [-0.39, 0.29) is 6.61 Å². The van der Waals surface area contributed by atoms with Gasteiger partial charge in [0.05, 0.1) is 13.3 Å². The van der Waals surface area contributed by atoms with Crippen molar-refractivity contribution in [1.29, 1.82) is 0 Å². The summed E-state index contributed by atoms with van der Waals surface area (Å²) in [5.74, 6) is 0.127. The van der Waals surface area contributed by atoms with Crippen LogP contribution in [-0.2, 0) is 16.0 Å². The van der Waals surface area contributed by atoms with Crippen LogP contribution in [0.3, 0.4) is 0 Å². The van der Waals surface area contributed by atoms with Gasteiger partial charge in [-0.1, -0.05) is 0 Å². The molecule has 2 N–H and O–H groups in total. The Labute approximate surface area is 88.2 Å². The molecule has 0 unspecified atom stereocenters. The summed E-state index contributed by atoms with van der Waals surface area (Å²) in [4.78, 5) is 14.9. The van der Waals surface area contributed by atoms with Gasteiger partial charge in [0.1, 0.15) is 5.75 Å². The van der Waals surface area contributed by atoms with Crippen molar-refractivity contribution in [3.8, 4) is 5.75 Å². The Bertz CT molecular complexity index is 311. The van der Waals surface area contributed by atoms with E-state index in [1.54, 1.807) is 12.3 Å². The number of ether oxygens (including phenoxy) is 2. The number of carbonyl (C=O) groups excluding carboxylic acids is 1. The average Bonchev–Trinajstić information content (AvgIpc) is 2.28. The third-order valence-electron chi connectivity index (χ3n) is 1.78. The van der Waals surface area contributed by atoms with E-state index in [9.17, 15) is 4.79 Å². The summed E-state index contributed by atoms with van der Waals surface area (Å²) in [6.07, 6.45) is 2.30. The highest BCUT2D eigenvalue weighted by Crippen LogP contribution is 2.09. The van der Waals surface area contributed by atoms with Crippen molar-refractivity contribution < 1.29 is 14.3 Å². The number of pyridine rings is 1. The number of esters is 1. The van der Waals surface area contributed by atoms with Gasteiger partial charge in [0.15, 0.2) is 6.61 Å². The fourth-order valence-corrected chi connectivity index (χ4v) is 0.993. The summed E-state index contributed by atoms with van der Waals surface area (Å²) in [7, 11) is 1.31. The van der Waals surface area contributed by atoms with E-state index < -0.39 is 5.97 Å². The summed E-state index contributed by atoms with van der Waals surface area (Å²) >= 11 is 0. The molecule has 0 aromatic carbocycles. The average molecular weight is 210 g/mol. The van der Waals surface area contributed by atoms with Crippen LogP contribution in [0, 0.1) is 0 Å². The lowest BCUT2D eigenvalue weighted by Gasteiger charge is -2.04. The molecule has 0 aliphatic heterocycles. The Kier molecular flexibility index (Phi) is 4.56. The van der Waals surface area contributed by atoms with E-state index in [4.69, 9.17) is 10.5 Å². The number of nitrogens with two attached hydrogens (primary N) is 1. The first kappa shape index (κ1) is 11.5. The Morgan fingerprint density at radius 3 is 2.87 bits per heavy atom. The normalized spacial score (nSPS) is 9.73. The summed E-state index contributed by atoms with van der Waals surface area (Å²) < 4.78 is 9.56. The molecule has 0 bridgehead atoms. The zero-order valence-corrected chi connectivity index (χ0v) is 8.60. The number of carbonyl (C=O) groups is 1. The number of aromatic nitrogens is 1. The fourth-order valence-electron chi connectivity index (χ4n) is 0.993. The summed E-state index contributed by atoms with van der Waals surface area (Å²) in [5.41, 5.74) is 6.29. The predicted octanol–water partition coefficient (Wildman–Crippen LogP) is 0.135. The molecule has 82 valence electrons. The Balaban J connectivity index is 2.45. The van der Waals surface area contributed by atoms with Crippen molar-refractivity contribution >= 4 is 5.97 Å². The molecule has 15 heavy (non-hydrogen) atoms. The number of hydrogen-bond donors (Lipinski definition) is 1. The van der Waals surface area contributed by atoms with Gasteiger partial charge in [0.2, 0.25) is 0 Å². The number of nitrogens with zero attached hydrogens (tertiary/aromatic N) is 1. The molecule has 0 atom stereocenters. The van der Waals surface area contributed by atoms with E-state index >= 15 is 0 Å². The zero-order valence-electron chi connectivity index (χ0n) is 8.60. The quantitative estimate of drug-likeness (QED) is 0.699. The van der Waals surface area contributed by atoms with E-state index in [1.807, 2.05) is 6.07 Å². The first-order valence-corrected chi connectivity index (χ1v) is 4.61. The van der Waals surface area contributed by atoms with Gasteiger partial charge in [0, 0.05) is 12.1 Å². The summed E-state index contributed by atoms with van der Waals surface area (Å²) in [6.45, 7) is 0.462. The molecule has 0 radical (unpaired) electrons. The minimum Gasteiger partial charge on any atom is -0.480 e. The standard InChI is InChI=1S/C10H14N2O3/c1-14-10(13)7-15-9-3-2-8(4-5-11)12-6-9/h2-3,6H,4-5,7,11H2,1H3. The smallest absolute Gasteiger partial charge is 0.343 e. The first-order valence-electron chi connectivity index (χ1n) is 4.61. The monoisotopic (exact) mass is 210 g/mol. The second-order valence-electron chi connectivity index (χ2n) is 2.89. The van der Waals surface area contributed by atoms with Gasteiger partial charge in [-0.3, -0.25) is 4.98 Å². The van der Waals surface area contributed by atoms with Gasteiger partial charge in [-0.2, -0.15) is 0 Å². The second kappa shape index (κ2) is 5.98. The molecule has 1 rings (SSSR count). The molecule has 0 spiro atoms. The SMILES string of the molecule is COC(=O)COc1ccc(CCN)nc1. The zero-order chi connectivity index (χ0) is 11.1. The molecule has 1 aromatic heterocycles. The maximum absolute atomic E-state index is 10.8. The Morgan fingerprint density at radius 1 is 1.53 bits per heavy atom. The minimum absolute atomic E-state index is 0.103. The van der Waals surface area contributed by atoms with Gasteiger partial charge in [0.25, 0.3) is 0 Å². The molecule has 1 heterocycles. The molecule has 5 heteroatoms. The van der Waals surface area contributed by atoms with Gasteiger partial charge >= 0.3 is 5.97 Å². The van der Waals surface area contributed by atoms with Crippen LogP contribution < -0.4 is 10.5 Å². The first-order chi connectivity index (χ1) is 7.26. The van der Waals surface area contributed by atoms with E-state index in [1.165, 1.54) is 7.11 Å². The highest BCUT2D eigenvalue weighted by atomic mass is 16.6. The molecule has 5 nitrogen and oxygen atoms in total. The molecule has 0 amide bonds. The number of rotatable bonds is 5. The van der Waals surface area contributed by atoms with E-state index in [0.717, 1.165) is 12.1 Å². The number of methoxy groups -OCH3 is 1. The van der Waals surface area contributed by atoms with Crippen molar-refractivity contribution in [2.24, 2.45) is 5.73 Å². The van der Waals surface area contributed by atoms with Crippen LogP contribution in [0.2, 0.25) is 0 Å². The lowest BCUT2D eigenvalue weighted by molar-refractivity contribution is -0.142. The van der Waals surface area contributed by atoms with Gasteiger partial charge < -0.3 is 15.2 Å². The van der Waals surface area contributed by atoms with Crippen LogP contribution in [0.1, 0.15) is 5.69 Å². The second-order valence-corrected chi connectivity index (χ2v) is 2.89. The molecule has 0 fully saturated rings.